The van der Waals surface area contributed by atoms with Gasteiger partial charge in [-0.2, -0.15) is 0 Å². The Morgan fingerprint density at radius 3 is 2.34 bits per heavy atom. The van der Waals surface area contributed by atoms with Crippen molar-refractivity contribution in [3.63, 3.8) is 0 Å². The van der Waals surface area contributed by atoms with E-state index in [0.29, 0.717) is 11.9 Å². The number of anilines is 1. The van der Waals surface area contributed by atoms with Gasteiger partial charge in [-0.25, -0.2) is 4.98 Å². The Morgan fingerprint density at radius 1 is 1.10 bits per heavy atom. The molecule has 1 saturated carbocycles. The minimum atomic E-state index is -0.717. The lowest BCUT2D eigenvalue weighted by atomic mass is 10.0. The molecule has 0 aliphatic heterocycles. The summed E-state index contributed by atoms with van der Waals surface area (Å²) in [5.74, 6) is 6.69. The summed E-state index contributed by atoms with van der Waals surface area (Å²) in [5.41, 5.74) is 4.35. The van der Waals surface area contributed by atoms with Crippen LogP contribution in [0.4, 0.5) is 5.69 Å². The molecule has 0 saturated heterocycles. The van der Waals surface area contributed by atoms with Crippen LogP contribution in [0, 0.1) is 11.8 Å². The van der Waals surface area contributed by atoms with Gasteiger partial charge in [-0.05, 0) is 55.2 Å². The number of nitrogens with zero attached hydrogens (tertiary/aromatic N) is 2. The molecule has 3 aromatic rings. The average Bonchev–Trinajstić information content (AvgIpc) is 3.41. The second-order valence-corrected chi connectivity index (χ2v) is 7.41. The van der Waals surface area contributed by atoms with E-state index in [2.05, 4.69) is 58.5 Å². The maximum absolute atomic E-state index is 9.81. The number of aliphatic hydroxyl groups excluding tert-OH is 2. The second kappa shape index (κ2) is 8.52. The van der Waals surface area contributed by atoms with E-state index in [1.165, 1.54) is 24.1 Å². The van der Waals surface area contributed by atoms with Gasteiger partial charge in [0.15, 0.2) is 0 Å². The van der Waals surface area contributed by atoms with Crippen LogP contribution in [0.3, 0.4) is 0 Å². The smallest absolute Gasteiger partial charge is 0.138 e. The predicted octanol–water partition coefficient (Wildman–Crippen LogP) is 3.76. The number of rotatable bonds is 6. The van der Waals surface area contributed by atoms with Gasteiger partial charge in [-0.15, -0.1) is 0 Å². The molecule has 148 valence electrons. The highest BCUT2D eigenvalue weighted by Gasteiger charge is 2.20. The summed E-state index contributed by atoms with van der Waals surface area (Å²) in [6.45, 7) is 1.50. The maximum atomic E-state index is 9.81. The highest BCUT2D eigenvalue weighted by atomic mass is 16.3. The first-order valence-electron chi connectivity index (χ1n) is 9.94. The third kappa shape index (κ3) is 4.68. The van der Waals surface area contributed by atoms with Crippen molar-refractivity contribution in [2.75, 3.05) is 11.9 Å². The third-order valence-electron chi connectivity index (χ3n) is 5.02. The summed E-state index contributed by atoms with van der Waals surface area (Å²) in [5, 5.41) is 23.0. The van der Waals surface area contributed by atoms with Crippen molar-refractivity contribution in [3.8, 4) is 23.0 Å². The van der Waals surface area contributed by atoms with Crippen LogP contribution in [0.25, 0.3) is 11.1 Å². The number of aliphatic hydroxyl groups is 2. The molecular weight excluding hydrogens is 362 g/mol. The molecule has 5 heteroatoms. The molecule has 29 heavy (non-hydrogen) atoms. The zero-order valence-corrected chi connectivity index (χ0v) is 16.4. The van der Waals surface area contributed by atoms with Crippen LogP contribution < -0.4 is 5.32 Å². The number of hydrogen-bond acceptors (Lipinski definition) is 4. The molecule has 5 nitrogen and oxygen atoms in total. The van der Waals surface area contributed by atoms with Crippen molar-refractivity contribution < 1.29 is 10.2 Å². The van der Waals surface area contributed by atoms with Crippen molar-refractivity contribution in [2.24, 2.45) is 0 Å². The molecule has 0 unspecified atom stereocenters. The summed E-state index contributed by atoms with van der Waals surface area (Å²) in [4.78, 5) is 4.14. The van der Waals surface area contributed by atoms with Gasteiger partial charge >= 0.3 is 0 Å². The Hall–Kier alpha value is -3.07. The van der Waals surface area contributed by atoms with Crippen LogP contribution in [-0.2, 0) is 0 Å². The largest absolute Gasteiger partial charge is 0.393 e. The van der Waals surface area contributed by atoms with Gasteiger partial charge in [0.05, 0.1) is 6.61 Å². The molecule has 0 spiro atoms. The van der Waals surface area contributed by atoms with Crippen LogP contribution in [-0.4, -0.2) is 32.4 Å². The number of imidazole rings is 1. The van der Waals surface area contributed by atoms with Crippen LogP contribution in [0.2, 0.25) is 0 Å². The molecule has 1 aliphatic carbocycles. The predicted molar refractivity (Wildman–Crippen MR) is 114 cm³/mol. The van der Waals surface area contributed by atoms with Crippen LogP contribution in [0.5, 0.6) is 0 Å². The zero-order chi connectivity index (χ0) is 20.2. The Bertz CT molecular complexity index is 1010. The van der Waals surface area contributed by atoms with Crippen molar-refractivity contribution in [1.29, 1.82) is 0 Å². The lowest BCUT2D eigenvalue weighted by Crippen LogP contribution is -2.15. The van der Waals surface area contributed by atoms with Gasteiger partial charge in [0.25, 0.3) is 0 Å². The maximum Gasteiger partial charge on any atom is 0.138 e. The fourth-order valence-electron chi connectivity index (χ4n) is 3.25. The van der Waals surface area contributed by atoms with Crippen LogP contribution in [0.15, 0.2) is 60.9 Å². The Labute approximate surface area is 171 Å². The summed E-state index contributed by atoms with van der Waals surface area (Å²) in [7, 11) is 0. The monoisotopic (exact) mass is 387 g/mol. The number of nitrogens with one attached hydrogen (secondary N) is 1. The van der Waals surface area contributed by atoms with E-state index in [1.807, 2.05) is 12.1 Å². The summed E-state index contributed by atoms with van der Waals surface area (Å²) >= 11 is 0. The fraction of sp³-hybridized carbons (Fsp3) is 0.292. The first-order valence-corrected chi connectivity index (χ1v) is 9.94. The molecule has 1 aromatic heterocycles. The second-order valence-electron chi connectivity index (χ2n) is 7.41. The Kier molecular flexibility index (Phi) is 5.66. The molecule has 3 N–H and O–H groups in total. The van der Waals surface area contributed by atoms with Crippen molar-refractivity contribution >= 4 is 5.69 Å². The topological polar surface area (TPSA) is 70.3 Å². The van der Waals surface area contributed by atoms with E-state index < -0.39 is 12.1 Å². The minimum absolute atomic E-state index is 0.150. The van der Waals surface area contributed by atoms with Crippen LogP contribution in [0.1, 0.15) is 43.3 Å². The first kappa shape index (κ1) is 19.3. The summed E-state index contributed by atoms with van der Waals surface area (Å²) < 4.78 is 1.71. The molecule has 1 fully saturated rings. The Balaban J connectivity index is 1.47. The van der Waals surface area contributed by atoms with Crippen molar-refractivity contribution in [3.05, 3.63) is 72.3 Å². The van der Waals surface area contributed by atoms with Gasteiger partial charge in [0.1, 0.15) is 18.0 Å². The van der Waals surface area contributed by atoms with Gasteiger partial charge in [0.2, 0.25) is 0 Å². The molecule has 0 radical (unpaired) electrons. The first-order chi connectivity index (χ1) is 14.1. The molecular formula is C24H25N3O2. The molecule has 4 rings (SSSR count). The molecule has 1 heterocycles. The summed E-state index contributed by atoms with van der Waals surface area (Å²) in [6.07, 6.45) is 5.14. The van der Waals surface area contributed by atoms with Gasteiger partial charge in [-0.3, -0.25) is 0 Å². The third-order valence-corrected chi connectivity index (χ3v) is 5.02. The molecule has 2 atom stereocenters. The standard InChI is InChI=1S/C24H25N3O2/c1-17(29)24-25-14-15-27(24)23(16-28)13-4-18-2-5-19(6-3-18)20-7-9-21(10-8-20)26-22-11-12-22/h2-3,5-10,14-15,17,22-23,26,28-29H,11-12,16H2,1H3/t17-,23-/m0/s1. The van der Waals surface area contributed by atoms with E-state index in [4.69, 9.17) is 0 Å². The molecule has 0 bridgehead atoms. The SMILES string of the molecule is C[C@H](O)c1nccn1[C@@H](C#Cc1ccc(-c2ccc(NC3CC3)cc2)cc1)CO. The zero-order valence-electron chi connectivity index (χ0n) is 16.4. The fourth-order valence-corrected chi connectivity index (χ4v) is 3.25. The van der Waals surface area contributed by atoms with Gasteiger partial charge in [-0.1, -0.05) is 36.1 Å². The van der Waals surface area contributed by atoms with Crippen LogP contribution >= 0.6 is 0 Å². The van der Waals surface area contributed by atoms with Gasteiger partial charge in [0, 0.05) is 29.7 Å². The lowest BCUT2D eigenvalue weighted by Gasteiger charge is -2.14. The number of aromatic nitrogens is 2. The van der Waals surface area contributed by atoms with E-state index in [-0.39, 0.29) is 6.61 Å². The van der Waals surface area contributed by atoms with Gasteiger partial charge < -0.3 is 20.1 Å². The molecule has 1 aliphatic rings. The highest BCUT2D eigenvalue weighted by molar-refractivity contribution is 5.67. The minimum Gasteiger partial charge on any atom is -0.393 e. The van der Waals surface area contributed by atoms with E-state index in [9.17, 15) is 10.2 Å². The van der Waals surface area contributed by atoms with E-state index in [0.717, 1.165) is 11.1 Å². The van der Waals surface area contributed by atoms with Crippen molar-refractivity contribution in [2.45, 2.75) is 38.0 Å². The normalized spacial score (nSPS) is 15.3. The molecule has 2 aromatic carbocycles. The highest BCUT2D eigenvalue weighted by Crippen LogP contribution is 2.27. The Morgan fingerprint density at radius 2 is 1.76 bits per heavy atom. The lowest BCUT2D eigenvalue weighted by molar-refractivity contribution is 0.176. The van der Waals surface area contributed by atoms with E-state index >= 15 is 0 Å². The number of benzene rings is 2. The quantitative estimate of drug-likeness (QED) is 0.563. The number of hydrogen-bond donors (Lipinski definition) is 3. The average molecular weight is 387 g/mol. The molecule has 0 amide bonds. The van der Waals surface area contributed by atoms with Crippen molar-refractivity contribution in [1.82, 2.24) is 9.55 Å². The van der Waals surface area contributed by atoms with E-state index in [1.54, 1.807) is 23.9 Å². The summed E-state index contributed by atoms with van der Waals surface area (Å²) in [6, 6.07) is 16.8.